The predicted octanol–water partition coefficient (Wildman–Crippen LogP) is 2.24. The number of fused-ring (bicyclic) bond motifs is 1. The molecule has 2 atom stereocenters. The molecule has 0 spiro atoms. The summed E-state index contributed by atoms with van der Waals surface area (Å²) in [5.41, 5.74) is 8.59. The summed E-state index contributed by atoms with van der Waals surface area (Å²) in [5.74, 6) is 0. The van der Waals surface area contributed by atoms with Crippen LogP contribution in [0.1, 0.15) is 49.3 Å². The van der Waals surface area contributed by atoms with Crippen molar-refractivity contribution in [2.75, 3.05) is 0 Å². The normalized spacial score (nSPS) is 26.1. The molecule has 4 heteroatoms. The summed E-state index contributed by atoms with van der Waals surface area (Å²) < 4.78 is 0. The highest BCUT2D eigenvalue weighted by Crippen LogP contribution is 2.30. The van der Waals surface area contributed by atoms with E-state index in [-0.39, 0.29) is 18.1 Å². The zero-order valence-electron chi connectivity index (χ0n) is 11.8. The molecule has 1 aromatic carbocycles. The molecule has 0 aliphatic heterocycles. The third kappa shape index (κ3) is 2.80. The van der Waals surface area contributed by atoms with E-state index in [0.29, 0.717) is 6.04 Å². The molecule has 0 aromatic heterocycles. The number of carbonyl (C=O) groups is 1. The molecule has 2 aliphatic carbocycles. The summed E-state index contributed by atoms with van der Waals surface area (Å²) in [6, 6.07) is 8.36. The zero-order valence-corrected chi connectivity index (χ0v) is 11.8. The van der Waals surface area contributed by atoms with Crippen LogP contribution in [0.25, 0.3) is 0 Å². The molecule has 2 unspecified atom stereocenters. The van der Waals surface area contributed by atoms with E-state index in [0.717, 1.165) is 19.3 Å². The molecule has 0 saturated heterocycles. The Morgan fingerprint density at radius 1 is 1.10 bits per heavy atom. The molecule has 2 aliphatic rings. The lowest BCUT2D eigenvalue weighted by Gasteiger charge is -2.25. The van der Waals surface area contributed by atoms with Crippen molar-refractivity contribution in [3.8, 4) is 0 Å². The molecular weight excluding hydrogens is 250 g/mol. The van der Waals surface area contributed by atoms with Gasteiger partial charge in [0.1, 0.15) is 0 Å². The van der Waals surface area contributed by atoms with Crippen LogP contribution in [0.4, 0.5) is 4.79 Å². The third-order valence-electron chi connectivity index (χ3n) is 4.50. The van der Waals surface area contributed by atoms with E-state index in [4.69, 9.17) is 5.73 Å². The Bertz CT molecular complexity index is 482. The zero-order chi connectivity index (χ0) is 13.9. The van der Waals surface area contributed by atoms with Crippen LogP contribution in [-0.4, -0.2) is 18.1 Å². The number of nitrogens with one attached hydrogen (secondary N) is 2. The van der Waals surface area contributed by atoms with Crippen molar-refractivity contribution >= 4 is 6.03 Å². The van der Waals surface area contributed by atoms with Crippen molar-refractivity contribution < 1.29 is 4.79 Å². The van der Waals surface area contributed by atoms with Crippen molar-refractivity contribution in [2.24, 2.45) is 5.73 Å². The van der Waals surface area contributed by atoms with Crippen molar-refractivity contribution in [1.82, 2.24) is 10.6 Å². The monoisotopic (exact) mass is 273 g/mol. The van der Waals surface area contributed by atoms with Gasteiger partial charge in [-0.05, 0) is 30.4 Å². The van der Waals surface area contributed by atoms with Crippen LogP contribution < -0.4 is 16.4 Å². The quantitative estimate of drug-likeness (QED) is 0.773. The average molecular weight is 273 g/mol. The molecule has 1 fully saturated rings. The van der Waals surface area contributed by atoms with E-state index in [2.05, 4.69) is 22.8 Å². The summed E-state index contributed by atoms with van der Waals surface area (Å²) in [7, 11) is 0. The van der Waals surface area contributed by atoms with Crippen molar-refractivity contribution in [1.29, 1.82) is 0 Å². The number of hydrogen-bond donors (Lipinski definition) is 3. The topological polar surface area (TPSA) is 67.1 Å². The molecule has 0 heterocycles. The second kappa shape index (κ2) is 5.83. The van der Waals surface area contributed by atoms with Gasteiger partial charge in [-0.3, -0.25) is 0 Å². The molecule has 2 amide bonds. The van der Waals surface area contributed by atoms with E-state index >= 15 is 0 Å². The molecule has 1 aromatic rings. The Morgan fingerprint density at radius 3 is 2.65 bits per heavy atom. The van der Waals surface area contributed by atoms with Crippen molar-refractivity contribution in [2.45, 2.75) is 56.7 Å². The lowest BCUT2D eigenvalue weighted by molar-refractivity contribution is 0.227. The number of benzene rings is 1. The van der Waals surface area contributed by atoms with Crippen LogP contribution in [0.15, 0.2) is 24.3 Å². The first-order valence-corrected chi connectivity index (χ1v) is 7.64. The Labute approximate surface area is 120 Å². The minimum absolute atomic E-state index is 0.0236. The maximum atomic E-state index is 12.1. The van der Waals surface area contributed by atoms with Gasteiger partial charge in [0.2, 0.25) is 0 Å². The van der Waals surface area contributed by atoms with E-state index < -0.39 is 0 Å². The molecule has 1 saturated carbocycles. The highest BCUT2D eigenvalue weighted by molar-refractivity contribution is 5.75. The lowest BCUT2D eigenvalue weighted by atomic mass is 9.96. The molecular formula is C16H23N3O. The predicted molar refractivity (Wildman–Crippen MR) is 79.4 cm³/mol. The van der Waals surface area contributed by atoms with Crippen LogP contribution in [0, 0.1) is 0 Å². The highest BCUT2D eigenvalue weighted by Gasteiger charge is 2.31. The van der Waals surface area contributed by atoms with E-state index in [9.17, 15) is 4.79 Å². The van der Waals surface area contributed by atoms with Gasteiger partial charge in [0.25, 0.3) is 0 Å². The molecule has 20 heavy (non-hydrogen) atoms. The van der Waals surface area contributed by atoms with E-state index in [1.165, 1.54) is 30.4 Å². The number of urea groups is 1. The fourth-order valence-corrected chi connectivity index (χ4v) is 3.43. The van der Waals surface area contributed by atoms with Gasteiger partial charge in [-0.2, -0.15) is 0 Å². The molecule has 108 valence electrons. The maximum Gasteiger partial charge on any atom is 0.315 e. The first-order chi connectivity index (χ1) is 9.74. The van der Waals surface area contributed by atoms with Crippen LogP contribution in [-0.2, 0) is 6.42 Å². The second-order valence-electron chi connectivity index (χ2n) is 6.00. The first-order valence-electron chi connectivity index (χ1n) is 7.64. The number of nitrogens with two attached hydrogens (primary N) is 1. The van der Waals surface area contributed by atoms with E-state index in [1.807, 2.05) is 12.1 Å². The first kappa shape index (κ1) is 13.4. The standard InChI is InChI=1S/C16H23N3O/c17-14-10-11-6-4-5-9-13(11)15(14)19-16(20)18-12-7-2-1-3-8-12/h4-6,9,12,14-15H,1-3,7-8,10,17H2,(H2,18,19,20). The summed E-state index contributed by atoms with van der Waals surface area (Å²) in [4.78, 5) is 12.1. The van der Waals surface area contributed by atoms with Gasteiger partial charge in [0.15, 0.2) is 0 Å². The lowest BCUT2D eigenvalue weighted by Crippen LogP contribution is -2.47. The third-order valence-corrected chi connectivity index (χ3v) is 4.50. The summed E-state index contributed by atoms with van der Waals surface area (Å²) >= 11 is 0. The summed E-state index contributed by atoms with van der Waals surface area (Å²) in [5, 5.41) is 6.15. The van der Waals surface area contributed by atoms with Gasteiger partial charge in [-0.25, -0.2) is 4.79 Å². The second-order valence-corrected chi connectivity index (χ2v) is 6.00. The minimum Gasteiger partial charge on any atom is -0.335 e. The number of amides is 2. The van der Waals surface area contributed by atoms with Gasteiger partial charge in [-0.1, -0.05) is 43.5 Å². The Morgan fingerprint density at radius 2 is 1.85 bits per heavy atom. The molecule has 0 radical (unpaired) electrons. The molecule has 0 bridgehead atoms. The van der Waals surface area contributed by atoms with Crippen molar-refractivity contribution in [3.05, 3.63) is 35.4 Å². The van der Waals surface area contributed by atoms with Crippen LogP contribution in [0.5, 0.6) is 0 Å². The fourth-order valence-electron chi connectivity index (χ4n) is 3.43. The van der Waals surface area contributed by atoms with Gasteiger partial charge in [-0.15, -0.1) is 0 Å². The van der Waals surface area contributed by atoms with Crippen LogP contribution >= 0.6 is 0 Å². The van der Waals surface area contributed by atoms with Gasteiger partial charge < -0.3 is 16.4 Å². The summed E-state index contributed by atoms with van der Waals surface area (Å²) in [6.07, 6.45) is 6.76. The highest BCUT2D eigenvalue weighted by atomic mass is 16.2. The number of rotatable bonds is 2. The van der Waals surface area contributed by atoms with Crippen molar-refractivity contribution in [3.63, 3.8) is 0 Å². The van der Waals surface area contributed by atoms with Crippen LogP contribution in [0.3, 0.4) is 0 Å². The smallest absolute Gasteiger partial charge is 0.315 e. The van der Waals surface area contributed by atoms with Gasteiger partial charge >= 0.3 is 6.03 Å². The molecule has 4 nitrogen and oxygen atoms in total. The average Bonchev–Trinajstić information content (AvgIpc) is 2.76. The molecule has 3 rings (SSSR count). The number of carbonyl (C=O) groups excluding carboxylic acids is 1. The Balaban J connectivity index is 1.61. The fraction of sp³-hybridized carbons (Fsp3) is 0.562. The van der Waals surface area contributed by atoms with Gasteiger partial charge in [0, 0.05) is 12.1 Å². The Kier molecular flexibility index (Phi) is 3.92. The largest absolute Gasteiger partial charge is 0.335 e. The molecule has 4 N–H and O–H groups in total. The summed E-state index contributed by atoms with van der Waals surface area (Å²) in [6.45, 7) is 0. The SMILES string of the molecule is NC1Cc2ccccc2C1NC(=O)NC1CCCCC1. The number of hydrogen-bond acceptors (Lipinski definition) is 2. The minimum atomic E-state index is -0.0750. The van der Waals surface area contributed by atoms with Gasteiger partial charge in [0.05, 0.1) is 6.04 Å². The van der Waals surface area contributed by atoms with E-state index in [1.54, 1.807) is 0 Å². The van der Waals surface area contributed by atoms with Crippen LogP contribution in [0.2, 0.25) is 0 Å². The Hall–Kier alpha value is -1.55. The maximum absolute atomic E-state index is 12.1.